The molecule has 1 atom stereocenters. The third-order valence-electron chi connectivity index (χ3n) is 4.39. The maximum Gasteiger partial charge on any atom is 0.411 e. The van der Waals surface area contributed by atoms with Gasteiger partial charge in [-0.3, -0.25) is 10.1 Å². The van der Waals surface area contributed by atoms with Crippen LogP contribution in [0.4, 0.5) is 20.6 Å². The van der Waals surface area contributed by atoms with Gasteiger partial charge in [-0.05, 0) is 18.1 Å². The minimum atomic E-state index is -1.01. The Labute approximate surface area is 170 Å². The maximum atomic E-state index is 15.4. The largest absolute Gasteiger partial charge is 0.449 e. The zero-order valence-corrected chi connectivity index (χ0v) is 17.2. The minimum Gasteiger partial charge on any atom is -0.449 e. The molecule has 0 aromatic heterocycles. The quantitative estimate of drug-likeness (QED) is 0.604. The highest BCUT2D eigenvalue weighted by Gasteiger charge is 2.23. The number of rotatable bonds is 8. The van der Waals surface area contributed by atoms with Crippen LogP contribution < -0.4 is 15.5 Å². The summed E-state index contributed by atoms with van der Waals surface area (Å²) in [4.78, 5) is 25.0. The second kappa shape index (κ2) is 11.0. The van der Waals surface area contributed by atoms with Crippen molar-refractivity contribution in [3.05, 3.63) is 23.5 Å². The lowest BCUT2D eigenvalue weighted by Crippen LogP contribution is -2.37. The number of carbonyl (C=O) groups is 2. The summed E-state index contributed by atoms with van der Waals surface area (Å²) >= 11 is 0. The maximum absolute atomic E-state index is 15.4. The summed E-state index contributed by atoms with van der Waals surface area (Å²) in [6, 6.07) is 3.20. The average molecular weight is 411 g/mol. The number of nitrogens with one attached hydrogen (secondary N) is 2. The molecule has 1 unspecified atom stereocenters. The molecule has 1 aromatic rings. The van der Waals surface area contributed by atoms with Gasteiger partial charge in [-0.15, -0.1) is 0 Å². The van der Waals surface area contributed by atoms with E-state index >= 15 is 4.39 Å². The molecule has 3 N–H and O–H groups in total. The Morgan fingerprint density at radius 3 is 2.62 bits per heavy atom. The molecule has 1 aliphatic heterocycles. The highest BCUT2D eigenvalue weighted by atomic mass is 19.1. The van der Waals surface area contributed by atoms with Crippen molar-refractivity contribution in [3.63, 3.8) is 0 Å². The normalized spacial score (nSPS) is 15.2. The molecule has 1 fully saturated rings. The molecular weight excluding hydrogens is 381 g/mol. The molecular formula is C20H30FN3O5. The molecule has 1 aromatic carbocycles. The molecule has 2 amide bonds. The second-order valence-electron chi connectivity index (χ2n) is 7.44. The van der Waals surface area contributed by atoms with E-state index in [-0.39, 0.29) is 42.6 Å². The number of hydrogen-bond donors (Lipinski definition) is 3. The van der Waals surface area contributed by atoms with Gasteiger partial charge in [0, 0.05) is 38.5 Å². The summed E-state index contributed by atoms with van der Waals surface area (Å²) in [5.41, 5.74) is 0.777. The van der Waals surface area contributed by atoms with Gasteiger partial charge >= 0.3 is 6.09 Å². The van der Waals surface area contributed by atoms with Crippen LogP contribution in [0.25, 0.3) is 0 Å². The van der Waals surface area contributed by atoms with Crippen LogP contribution in [0, 0.1) is 11.7 Å². The first-order valence-corrected chi connectivity index (χ1v) is 9.78. The molecule has 0 aliphatic carbocycles. The lowest BCUT2D eigenvalue weighted by atomic mass is 10.0. The standard InChI is InChI=1S/C20H30FN3O5/c1-13(2)12-29-20(27)23-17-4-5-18(24-6-8-28-9-7-24)19(21)16(17)10-15(26)11-22-14(3)25/h4-5,13,15,26H,6-12H2,1-3H3,(H,22,25)(H,23,27). The molecule has 0 radical (unpaired) electrons. The number of carbonyl (C=O) groups excluding carboxylic acids is 2. The van der Waals surface area contributed by atoms with Crippen LogP contribution in [-0.2, 0) is 20.7 Å². The van der Waals surface area contributed by atoms with E-state index < -0.39 is 18.0 Å². The van der Waals surface area contributed by atoms with Gasteiger partial charge in [0.15, 0.2) is 5.82 Å². The summed E-state index contributed by atoms with van der Waals surface area (Å²) < 4.78 is 25.8. The predicted molar refractivity (Wildman–Crippen MR) is 108 cm³/mol. The van der Waals surface area contributed by atoms with Gasteiger partial charge in [-0.1, -0.05) is 13.8 Å². The Balaban J connectivity index is 2.24. The third-order valence-corrected chi connectivity index (χ3v) is 4.39. The van der Waals surface area contributed by atoms with E-state index in [1.807, 2.05) is 18.7 Å². The van der Waals surface area contributed by atoms with E-state index in [0.29, 0.717) is 32.0 Å². The molecule has 1 aliphatic rings. The van der Waals surface area contributed by atoms with Gasteiger partial charge in [-0.2, -0.15) is 0 Å². The number of hydrogen-bond acceptors (Lipinski definition) is 6. The van der Waals surface area contributed by atoms with Gasteiger partial charge in [0.25, 0.3) is 0 Å². The summed E-state index contributed by atoms with van der Waals surface area (Å²) in [6.07, 6.45) is -1.78. The smallest absolute Gasteiger partial charge is 0.411 e. The van der Waals surface area contributed by atoms with Crippen molar-refractivity contribution in [2.45, 2.75) is 33.3 Å². The van der Waals surface area contributed by atoms with Crippen molar-refractivity contribution in [1.29, 1.82) is 0 Å². The first-order chi connectivity index (χ1) is 13.8. The van der Waals surface area contributed by atoms with Gasteiger partial charge < -0.3 is 24.8 Å². The fraction of sp³-hybridized carbons (Fsp3) is 0.600. The number of anilines is 2. The molecule has 2 rings (SSSR count). The summed E-state index contributed by atoms with van der Waals surface area (Å²) in [7, 11) is 0. The van der Waals surface area contributed by atoms with Crippen LogP contribution in [0.15, 0.2) is 12.1 Å². The second-order valence-corrected chi connectivity index (χ2v) is 7.44. The predicted octanol–water partition coefficient (Wildman–Crippen LogP) is 1.91. The van der Waals surface area contributed by atoms with E-state index in [0.717, 1.165) is 0 Å². The van der Waals surface area contributed by atoms with Crippen molar-refractivity contribution in [2.24, 2.45) is 5.92 Å². The van der Waals surface area contributed by atoms with Gasteiger partial charge in [-0.25, -0.2) is 9.18 Å². The van der Waals surface area contributed by atoms with Crippen LogP contribution >= 0.6 is 0 Å². The number of morpholine rings is 1. The molecule has 0 saturated carbocycles. The first-order valence-electron chi connectivity index (χ1n) is 9.78. The van der Waals surface area contributed by atoms with Gasteiger partial charge in [0.2, 0.25) is 5.91 Å². The van der Waals surface area contributed by atoms with Crippen LogP contribution in [0.1, 0.15) is 26.3 Å². The Bertz CT molecular complexity index is 708. The lowest BCUT2D eigenvalue weighted by Gasteiger charge is -2.30. The minimum absolute atomic E-state index is 0.0200. The fourth-order valence-corrected chi connectivity index (χ4v) is 2.93. The molecule has 1 saturated heterocycles. The molecule has 1 heterocycles. The highest BCUT2D eigenvalue weighted by molar-refractivity contribution is 5.86. The van der Waals surface area contributed by atoms with E-state index in [2.05, 4.69) is 10.6 Å². The third kappa shape index (κ3) is 7.17. The first kappa shape index (κ1) is 22.9. The van der Waals surface area contributed by atoms with Crippen molar-refractivity contribution < 1.29 is 28.6 Å². The Morgan fingerprint density at radius 2 is 2.00 bits per heavy atom. The molecule has 29 heavy (non-hydrogen) atoms. The zero-order valence-electron chi connectivity index (χ0n) is 17.2. The van der Waals surface area contributed by atoms with Crippen LogP contribution in [0.2, 0.25) is 0 Å². The SMILES string of the molecule is CC(=O)NCC(O)Cc1c(NC(=O)OCC(C)C)ccc(N2CCOCC2)c1F. The lowest BCUT2D eigenvalue weighted by molar-refractivity contribution is -0.119. The molecule has 9 heteroatoms. The molecule has 162 valence electrons. The number of benzene rings is 1. The zero-order chi connectivity index (χ0) is 21.4. The summed E-state index contributed by atoms with van der Waals surface area (Å²) in [5, 5.41) is 15.3. The van der Waals surface area contributed by atoms with Gasteiger partial charge in [0.1, 0.15) is 0 Å². The summed E-state index contributed by atoms with van der Waals surface area (Å²) in [5.74, 6) is -0.641. The van der Waals surface area contributed by atoms with Gasteiger partial charge in [0.05, 0.1) is 37.3 Å². The monoisotopic (exact) mass is 411 g/mol. The van der Waals surface area contributed by atoms with Crippen LogP contribution in [0.3, 0.4) is 0 Å². The number of aliphatic hydroxyl groups is 1. The number of halogens is 1. The van der Waals surface area contributed by atoms with Crippen LogP contribution in [0.5, 0.6) is 0 Å². The average Bonchev–Trinajstić information content (AvgIpc) is 2.68. The van der Waals surface area contributed by atoms with E-state index in [9.17, 15) is 14.7 Å². The van der Waals surface area contributed by atoms with E-state index in [1.54, 1.807) is 12.1 Å². The Kier molecular flexibility index (Phi) is 8.66. The number of aliphatic hydroxyl groups excluding tert-OH is 1. The van der Waals surface area contributed by atoms with Crippen molar-refractivity contribution in [1.82, 2.24) is 5.32 Å². The van der Waals surface area contributed by atoms with E-state index in [4.69, 9.17) is 9.47 Å². The van der Waals surface area contributed by atoms with Crippen molar-refractivity contribution in [3.8, 4) is 0 Å². The molecule has 0 bridgehead atoms. The molecule has 0 spiro atoms. The number of ether oxygens (including phenoxy) is 2. The number of nitrogens with zero attached hydrogens (tertiary/aromatic N) is 1. The van der Waals surface area contributed by atoms with Crippen molar-refractivity contribution >= 4 is 23.4 Å². The summed E-state index contributed by atoms with van der Waals surface area (Å²) in [6.45, 7) is 7.48. The number of amides is 2. The highest BCUT2D eigenvalue weighted by Crippen LogP contribution is 2.30. The van der Waals surface area contributed by atoms with Crippen LogP contribution in [-0.4, -0.2) is 62.7 Å². The molecule has 8 nitrogen and oxygen atoms in total. The topological polar surface area (TPSA) is 100 Å². The Morgan fingerprint density at radius 1 is 1.31 bits per heavy atom. The van der Waals surface area contributed by atoms with Crippen molar-refractivity contribution in [2.75, 3.05) is 49.7 Å². The Hall–Kier alpha value is -2.39. The van der Waals surface area contributed by atoms with E-state index in [1.165, 1.54) is 6.92 Å². The fourth-order valence-electron chi connectivity index (χ4n) is 2.93.